The average Bonchev–Trinajstić information content (AvgIpc) is 2.80. The van der Waals surface area contributed by atoms with Crippen molar-refractivity contribution in [3.63, 3.8) is 0 Å². The predicted molar refractivity (Wildman–Crippen MR) is 117 cm³/mol. The first-order chi connectivity index (χ1) is 15.3. The lowest BCUT2D eigenvalue weighted by Crippen LogP contribution is -2.40. The number of carbonyl (C=O) groups excluding carboxylic acids is 2. The summed E-state index contributed by atoms with van der Waals surface area (Å²) in [5.41, 5.74) is 1.15. The number of carbonyl (C=O) groups is 2. The van der Waals surface area contributed by atoms with Crippen LogP contribution in [0.2, 0.25) is 0 Å². The lowest BCUT2D eigenvalue weighted by atomic mass is 10.2. The Balaban J connectivity index is 1.61. The number of morpholine rings is 1. The van der Waals surface area contributed by atoms with Crippen molar-refractivity contribution in [3.8, 4) is 5.75 Å². The summed E-state index contributed by atoms with van der Waals surface area (Å²) in [6, 6.07) is 11.0. The van der Waals surface area contributed by atoms with Crippen molar-refractivity contribution in [1.82, 2.24) is 4.31 Å². The zero-order chi connectivity index (χ0) is 23.1. The fourth-order valence-electron chi connectivity index (χ4n) is 3.15. The zero-order valence-electron chi connectivity index (χ0n) is 18.0. The van der Waals surface area contributed by atoms with Crippen LogP contribution in [0.15, 0.2) is 47.4 Å². The van der Waals surface area contributed by atoms with E-state index in [1.54, 1.807) is 43.3 Å². The van der Waals surface area contributed by atoms with E-state index in [1.807, 2.05) is 6.92 Å². The molecule has 0 atom stereocenters. The summed E-state index contributed by atoms with van der Waals surface area (Å²) in [7, 11) is -3.71. The van der Waals surface area contributed by atoms with E-state index in [0.29, 0.717) is 36.8 Å². The summed E-state index contributed by atoms with van der Waals surface area (Å²) < 4.78 is 42.9. The molecule has 2 aromatic carbocycles. The number of hydrogen-bond donors (Lipinski definition) is 1. The highest BCUT2D eigenvalue weighted by atomic mass is 32.2. The van der Waals surface area contributed by atoms with E-state index in [-0.39, 0.29) is 23.5 Å². The van der Waals surface area contributed by atoms with Gasteiger partial charge in [0.2, 0.25) is 10.0 Å². The summed E-state index contributed by atoms with van der Waals surface area (Å²) in [5, 5.41) is 2.57. The number of anilines is 1. The number of amides is 1. The minimum Gasteiger partial charge on any atom is -0.494 e. The molecule has 1 amide bonds. The monoisotopic (exact) mass is 462 g/mol. The van der Waals surface area contributed by atoms with Crippen LogP contribution >= 0.6 is 0 Å². The topological polar surface area (TPSA) is 111 Å². The molecule has 1 saturated heterocycles. The zero-order valence-corrected chi connectivity index (χ0v) is 18.8. The van der Waals surface area contributed by atoms with Gasteiger partial charge in [-0.15, -0.1) is 0 Å². The summed E-state index contributed by atoms with van der Waals surface area (Å²) in [6.45, 7) is 4.79. The van der Waals surface area contributed by atoms with E-state index in [4.69, 9.17) is 14.2 Å². The second kappa shape index (κ2) is 10.6. The van der Waals surface area contributed by atoms with Gasteiger partial charge in [-0.3, -0.25) is 4.79 Å². The van der Waals surface area contributed by atoms with Crippen molar-refractivity contribution in [1.29, 1.82) is 0 Å². The summed E-state index contributed by atoms with van der Waals surface area (Å²) >= 11 is 0. The van der Waals surface area contributed by atoms with Crippen LogP contribution in [0.4, 0.5) is 5.69 Å². The number of rotatable bonds is 8. The van der Waals surface area contributed by atoms with E-state index < -0.39 is 28.5 Å². The van der Waals surface area contributed by atoms with Gasteiger partial charge in [0.15, 0.2) is 6.61 Å². The molecule has 3 rings (SSSR count). The number of sulfonamides is 1. The normalized spacial score (nSPS) is 14.6. The molecule has 1 aliphatic rings. The summed E-state index contributed by atoms with van der Waals surface area (Å²) in [4.78, 5) is 24.5. The molecule has 32 heavy (non-hydrogen) atoms. The molecule has 2 aromatic rings. The minimum absolute atomic E-state index is 0.114. The van der Waals surface area contributed by atoms with Crippen LogP contribution in [0, 0.1) is 6.92 Å². The molecule has 0 spiro atoms. The number of nitrogens with zero attached hydrogens (tertiary/aromatic N) is 1. The number of ether oxygens (including phenoxy) is 3. The molecule has 0 aliphatic carbocycles. The lowest BCUT2D eigenvalue weighted by Gasteiger charge is -2.26. The second-order valence-corrected chi connectivity index (χ2v) is 8.98. The quantitative estimate of drug-likeness (QED) is 0.599. The van der Waals surface area contributed by atoms with Gasteiger partial charge >= 0.3 is 5.97 Å². The van der Waals surface area contributed by atoms with E-state index in [0.717, 1.165) is 0 Å². The van der Waals surface area contributed by atoms with Gasteiger partial charge in [-0.25, -0.2) is 13.2 Å². The Morgan fingerprint density at radius 2 is 1.78 bits per heavy atom. The largest absolute Gasteiger partial charge is 0.494 e. The highest BCUT2D eigenvalue weighted by molar-refractivity contribution is 7.89. The Kier molecular flexibility index (Phi) is 7.84. The van der Waals surface area contributed by atoms with Crippen LogP contribution in [-0.2, 0) is 24.3 Å². The van der Waals surface area contributed by atoms with Gasteiger partial charge in [-0.2, -0.15) is 4.31 Å². The first kappa shape index (κ1) is 23.7. The first-order valence-electron chi connectivity index (χ1n) is 10.2. The third kappa shape index (κ3) is 5.84. The van der Waals surface area contributed by atoms with Crippen molar-refractivity contribution in [2.24, 2.45) is 0 Å². The van der Waals surface area contributed by atoms with Crippen LogP contribution in [0.3, 0.4) is 0 Å². The fraction of sp³-hybridized carbons (Fsp3) is 0.364. The molecule has 0 saturated carbocycles. The second-order valence-electron chi connectivity index (χ2n) is 7.08. The maximum atomic E-state index is 13.0. The SMILES string of the molecule is CCOc1ccc(C(=O)OCC(=O)Nc2ccc(C)c(S(=O)(=O)N3CCOCC3)c2)cc1. The molecule has 0 aromatic heterocycles. The molecular weight excluding hydrogens is 436 g/mol. The van der Waals surface area contributed by atoms with Gasteiger partial charge in [-0.1, -0.05) is 6.07 Å². The molecule has 10 heteroatoms. The number of aryl methyl sites for hydroxylation is 1. The van der Waals surface area contributed by atoms with Gasteiger partial charge in [0.1, 0.15) is 5.75 Å². The van der Waals surface area contributed by atoms with Gasteiger partial charge in [0, 0.05) is 18.8 Å². The van der Waals surface area contributed by atoms with Crippen molar-refractivity contribution in [2.45, 2.75) is 18.7 Å². The molecule has 1 fully saturated rings. The molecule has 1 aliphatic heterocycles. The molecule has 172 valence electrons. The molecule has 1 heterocycles. The van der Waals surface area contributed by atoms with Gasteiger partial charge in [-0.05, 0) is 55.8 Å². The highest BCUT2D eigenvalue weighted by Gasteiger charge is 2.28. The Morgan fingerprint density at radius 3 is 2.44 bits per heavy atom. The van der Waals surface area contributed by atoms with Gasteiger partial charge in [0.05, 0.1) is 30.3 Å². The maximum absolute atomic E-state index is 13.0. The smallest absolute Gasteiger partial charge is 0.338 e. The Morgan fingerprint density at radius 1 is 1.09 bits per heavy atom. The van der Waals surface area contributed by atoms with E-state index in [2.05, 4.69) is 5.32 Å². The Hall–Kier alpha value is -2.95. The van der Waals surface area contributed by atoms with E-state index in [1.165, 1.54) is 10.4 Å². The first-order valence-corrected chi connectivity index (χ1v) is 11.6. The summed E-state index contributed by atoms with van der Waals surface area (Å²) in [5.74, 6) is -0.602. The van der Waals surface area contributed by atoms with Crippen LogP contribution in [0.1, 0.15) is 22.8 Å². The molecule has 1 N–H and O–H groups in total. The minimum atomic E-state index is -3.71. The summed E-state index contributed by atoms with van der Waals surface area (Å²) in [6.07, 6.45) is 0. The van der Waals surface area contributed by atoms with Crippen LogP contribution in [0.5, 0.6) is 5.75 Å². The third-order valence-electron chi connectivity index (χ3n) is 4.80. The van der Waals surface area contributed by atoms with Crippen LogP contribution < -0.4 is 10.1 Å². The van der Waals surface area contributed by atoms with Crippen molar-refractivity contribution < 1.29 is 32.2 Å². The fourth-order valence-corrected chi connectivity index (χ4v) is 4.81. The van der Waals surface area contributed by atoms with Gasteiger partial charge in [0.25, 0.3) is 5.91 Å². The van der Waals surface area contributed by atoms with Crippen molar-refractivity contribution in [2.75, 3.05) is 44.8 Å². The molecule has 0 bridgehead atoms. The van der Waals surface area contributed by atoms with E-state index in [9.17, 15) is 18.0 Å². The predicted octanol–water partition coefficient (Wildman–Crippen LogP) is 2.21. The Labute approximate surface area is 187 Å². The van der Waals surface area contributed by atoms with Crippen molar-refractivity contribution >= 4 is 27.6 Å². The maximum Gasteiger partial charge on any atom is 0.338 e. The average molecular weight is 463 g/mol. The highest BCUT2D eigenvalue weighted by Crippen LogP contribution is 2.24. The van der Waals surface area contributed by atoms with Crippen LogP contribution in [0.25, 0.3) is 0 Å². The standard InChI is InChI=1S/C22H26N2O7S/c1-3-30-19-8-5-17(6-9-19)22(26)31-15-21(25)23-18-7-4-16(2)20(14-18)32(27,28)24-10-12-29-13-11-24/h4-9,14H,3,10-13,15H2,1-2H3,(H,23,25). The number of esters is 1. The van der Waals surface area contributed by atoms with Crippen LogP contribution in [-0.4, -0.2) is 64.1 Å². The molecule has 0 unspecified atom stereocenters. The number of benzene rings is 2. The molecular formula is C22H26N2O7S. The van der Waals surface area contributed by atoms with Gasteiger partial charge < -0.3 is 19.5 Å². The Bertz CT molecular complexity index is 1060. The molecule has 0 radical (unpaired) electrons. The third-order valence-corrected chi connectivity index (χ3v) is 6.84. The van der Waals surface area contributed by atoms with Crippen molar-refractivity contribution in [3.05, 3.63) is 53.6 Å². The lowest BCUT2D eigenvalue weighted by molar-refractivity contribution is -0.119. The van der Waals surface area contributed by atoms with E-state index >= 15 is 0 Å². The number of hydrogen-bond acceptors (Lipinski definition) is 7. The number of nitrogens with one attached hydrogen (secondary N) is 1. The molecule has 9 nitrogen and oxygen atoms in total.